The lowest BCUT2D eigenvalue weighted by molar-refractivity contribution is 0.0946. The zero-order valence-corrected chi connectivity index (χ0v) is 17.3. The number of hydrogen-bond acceptors (Lipinski definition) is 4. The van der Waals surface area contributed by atoms with Crippen LogP contribution < -0.4 is 5.32 Å². The minimum atomic E-state index is -0.118. The average molecular weight is 389 g/mol. The van der Waals surface area contributed by atoms with Crippen LogP contribution >= 0.6 is 0 Å². The first-order chi connectivity index (χ1) is 13.9. The molecule has 2 aromatic carbocycles. The van der Waals surface area contributed by atoms with Crippen LogP contribution in [0.2, 0.25) is 0 Å². The number of amides is 1. The Kier molecular flexibility index (Phi) is 5.22. The second-order valence-electron chi connectivity index (χ2n) is 8.71. The average Bonchev–Trinajstić information content (AvgIpc) is 3.20. The molecule has 1 N–H and O–H groups in total. The first-order valence-corrected chi connectivity index (χ1v) is 10.2. The zero-order valence-electron chi connectivity index (χ0n) is 17.3. The lowest BCUT2D eigenvalue weighted by atomic mass is 9.87. The van der Waals surface area contributed by atoms with Gasteiger partial charge in [-0.15, -0.1) is 0 Å². The van der Waals surface area contributed by atoms with Crippen molar-refractivity contribution in [2.75, 3.05) is 0 Å². The highest BCUT2D eigenvalue weighted by Gasteiger charge is 2.16. The van der Waals surface area contributed by atoms with E-state index in [0.29, 0.717) is 17.3 Å². The molecule has 29 heavy (non-hydrogen) atoms. The summed E-state index contributed by atoms with van der Waals surface area (Å²) in [5.74, 6) is 0.808. The zero-order chi connectivity index (χ0) is 20.4. The van der Waals surface area contributed by atoms with Gasteiger partial charge < -0.3 is 9.84 Å². The number of aryl methyl sites for hydroxylation is 2. The SMILES string of the molecule is CC(C)(C)c1ccc(-c2noc(CNC(=O)c3ccc4c(c3)CCCC4)n2)cc1. The highest BCUT2D eigenvalue weighted by molar-refractivity contribution is 5.94. The van der Waals surface area contributed by atoms with E-state index < -0.39 is 0 Å². The smallest absolute Gasteiger partial charge is 0.251 e. The molecule has 4 rings (SSSR count). The van der Waals surface area contributed by atoms with Gasteiger partial charge in [-0.25, -0.2) is 0 Å². The lowest BCUT2D eigenvalue weighted by Gasteiger charge is -2.18. The summed E-state index contributed by atoms with van der Waals surface area (Å²) in [5, 5.41) is 6.93. The standard InChI is InChI=1S/C24H27N3O2/c1-24(2,3)20-12-10-17(11-13-20)22-26-21(29-27-22)15-25-23(28)19-9-8-16-6-4-5-7-18(16)14-19/h8-14H,4-7,15H2,1-3H3,(H,25,28). The van der Waals surface area contributed by atoms with E-state index >= 15 is 0 Å². The number of carbonyl (C=O) groups excluding carboxylic acids is 1. The van der Waals surface area contributed by atoms with Crippen molar-refractivity contribution in [1.82, 2.24) is 15.5 Å². The predicted octanol–water partition coefficient (Wildman–Crippen LogP) is 4.84. The molecule has 5 heteroatoms. The molecule has 0 unspecified atom stereocenters. The van der Waals surface area contributed by atoms with Gasteiger partial charge in [0, 0.05) is 11.1 Å². The topological polar surface area (TPSA) is 68.0 Å². The second kappa shape index (κ2) is 7.82. The minimum Gasteiger partial charge on any atom is -0.343 e. The van der Waals surface area contributed by atoms with Crippen molar-refractivity contribution in [3.05, 3.63) is 70.6 Å². The number of hydrogen-bond donors (Lipinski definition) is 1. The molecule has 0 atom stereocenters. The number of nitrogens with one attached hydrogen (secondary N) is 1. The van der Waals surface area contributed by atoms with Crippen molar-refractivity contribution < 1.29 is 9.32 Å². The fourth-order valence-corrected chi connectivity index (χ4v) is 3.70. The Labute approximate surface area is 171 Å². The van der Waals surface area contributed by atoms with Crippen molar-refractivity contribution in [2.24, 2.45) is 0 Å². The molecule has 0 spiro atoms. The third-order valence-corrected chi connectivity index (χ3v) is 5.49. The highest BCUT2D eigenvalue weighted by atomic mass is 16.5. The number of fused-ring (bicyclic) bond motifs is 1. The predicted molar refractivity (Wildman–Crippen MR) is 113 cm³/mol. The van der Waals surface area contributed by atoms with Crippen molar-refractivity contribution in [2.45, 2.75) is 58.4 Å². The third-order valence-electron chi connectivity index (χ3n) is 5.49. The number of nitrogens with zero attached hydrogens (tertiary/aromatic N) is 2. The molecule has 5 nitrogen and oxygen atoms in total. The number of carbonyl (C=O) groups is 1. The Morgan fingerprint density at radius 3 is 2.48 bits per heavy atom. The molecule has 0 saturated heterocycles. The van der Waals surface area contributed by atoms with Crippen LogP contribution in [-0.4, -0.2) is 16.0 Å². The molecule has 1 amide bonds. The van der Waals surface area contributed by atoms with Gasteiger partial charge in [0.1, 0.15) is 0 Å². The Hall–Kier alpha value is -2.95. The summed E-state index contributed by atoms with van der Waals surface area (Å²) in [4.78, 5) is 16.9. The molecular formula is C24H27N3O2. The van der Waals surface area contributed by atoms with Gasteiger partial charge in [0.15, 0.2) is 0 Å². The third kappa shape index (κ3) is 4.39. The normalized spacial score (nSPS) is 13.8. The summed E-state index contributed by atoms with van der Waals surface area (Å²) < 4.78 is 5.32. The maximum atomic E-state index is 12.5. The Morgan fingerprint density at radius 1 is 1.03 bits per heavy atom. The first kappa shape index (κ1) is 19.4. The van der Waals surface area contributed by atoms with Crippen molar-refractivity contribution in [3.63, 3.8) is 0 Å². The van der Waals surface area contributed by atoms with Gasteiger partial charge in [-0.1, -0.05) is 56.3 Å². The molecule has 3 aromatic rings. The van der Waals surface area contributed by atoms with Gasteiger partial charge in [-0.2, -0.15) is 4.98 Å². The molecule has 1 heterocycles. The summed E-state index contributed by atoms with van der Waals surface area (Å²) in [7, 11) is 0. The van der Waals surface area contributed by atoms with Crippen LogP contribution in [-0.2, 0) is 24.8 Å². The van der Waals surface area contributed by atoms with Gasteiger partial charge in [0.2, 0.25) is 11.7 Å². The summed E-state index contributed by atoms with van der Waals surface area (Å²) in [5.41, 5.74) is 5.59. The first-order valence-electron chi connectivity index (χ1n) is 10.2. The number of aromatic nitrogens is 2. The monoisotopic (exact) mass is 389 g/mol. The largest absolute Gasteiger partial charge is 0.343 e. The minimum absolute atomic E-state index is 0.0991. The van der Waals surface area contributed by atoms with E-state index in [1.807, 2.05) is 24.3 Å². The second-order valence-corrected chi connectivity index (χ2v) is 8.71. The molecule has 0 fully saturated rings. The number of rotatable bonds is 4. The molecule has 0 bridgehead atoms. The molecule has 0 saturated carbocycles. The van der Waals surface area contributed by atoms with E-state index in [9.17, 15) is 4.79 Å². The summed E-state index contributed by atoms with van der Waals surface area (Å²) in [6.07, 6.45) is 4.59. The van der Waals surface area contributed by atoms with Gasteiger partial charge >= 0.3 is 0 Å². The van der Waals surface area contributed by atoms with E-state index in [1.165, 1.54) is 29.5 Å². The Morgan fingerprint density at radius 2 is 1.76 bits per heavy atom. The van der Waals surface area contributed by atoms with Gasteiger partial charge in [-0.05, 0) is 59.9 Å². The van der Waals surface area contributed by atoms with E-state index in [1.54, 1.807) is 0 Å². The van der Waals surface area contributed by atoms with Crippen molar-refractivity contribution in [1.29, 1.82) is 0 Å². The molecule has 1 aromatic heterocycles. The molecular weight excluding hydrogens is 362 g/mol. The highest BCUT2D eigenvalue weighted by Crippen LogP contribution is 2.25. The quantitative estimate of drug-likeness (QED) is 0.693. The Bertz CT molecular complexity index is 1010. The summed E-state index contributed by atoms with van der Waals surface area (Å²) in [6, 6.07) is 14.2. The van der Waals surface area contributed by atoms with Crippen LogP contribution in [0.5, 0.6) is 0 Å². The van der Waals surface area contributed by atoms with Gasteiger partial charge in [0.25, 0.3) is 5.91 Å². The fourth-order valence-electron chi connectivity index (χ4n) is 3.70. The summed E-state index contributed by atoms with van der Waals surface area (Å²) >= 11 is 0. The van der Waals surface area contributed by atoms with Crippen LogP contribution in [0.1, 0.15) is 66.6 Å². The maximum Gasteiger partial charge on any atom is 0.251 e. The maximum absolute atomic E-state index is 12.5. The van der Waals surface area contributed by atoms with Crippen LogP contribution in [0, 0.1) is 0 Å². The Balaban J connectivity index is 1.40. The summed E-state index contributed by atoms with van der Waals surface area (Å²) in [6.45, 7) is 6.75. The molecule has 1 aliphatic rings. The van der Waals surface area contributed by atoms with Crippen molar-refractivity contribution in [3.8, 4) is 11.4 Å². The number of benzene rings is 2. The van der Waals surface area contributed by atoms with Crippen LogP contribution in [0.4, 0.5) is 0 Å². The molecule has 0 radical (unpaired) electrons. The van der Waals surface area contributed by atoms with Crippen molar-refractivity contribution >= 4 is 5.91 Å². The molecule has 0 aliphatic heterocycles. The van der Waals surface area contributed by atoms with E-state index in [0.717, 1.165) is 18.4 Å². The van der Waals surface area contributed by atoms with E-state index in [4.69, 9.17) is 4.52 Å². The molecule has 150 valence electrons. The van der Waals surface area contributed by atoms with Crippen LogP contribution in [0.3, 0.4) is 0 Å². The van der Waals surface area contributed by atoms with E-state index in [-0.39, 0.29) is 17.9 Å². The van der Waals surface area contributed by atoms with Gasteiger partial charge in [-0.3, -0.25) is 4.79 Å². The van der Waals surface area contributed by atoms with E-state index in [2.05, 4.69) is 54.4 Å². The molecule has 1 aliphatic carbocycles. The van der Waals surface area contributed by atoms with Crippen LogP contribution in [0.15, 0.2) is 47.0 Å². The fraction of sp³-hybridized carbons (Fsp3) is 0.375. The van der Waals surface area contributed by atoms with Crippen LogP contribution in [0.25, 0.3) is 11.4 Å². The van der Waals surface area contributed by atoms with Gasteiger partial charge in [0.05, 0.1) is 6.54 Å². The lowest BCUT2D eigenvalue weighted by Crippen LogP contribution is -2.23.